The molecule has 0 amide bonds. The van der Waals surface area contributed by atoms with Crippen molar-refractivity contribution in [2.45, 2.75) is 59.4 Å². The van der Waals surface area contributed by atoms with Gasteiger partial charge >= 0.3 is 0 Å². The van der Waals surface area contributed by atoms with Crippen molar-refractivity contribution in [1.82, 2.24) is 4.90 Å². The van der Waals surface area contributed by atoms with E-state index in [2.05, 4.69) is 38.7 Å². The lowest BCUT2D eigenvalue weighted by atomic mass is 9.91. The first-order valence-electron chi connectivity index (χ1n) is 6.47. The summed E-state index contributed by atoms with van der Waals surface area (Å²) in [6.07, 6.45) is 7.89. The van der Waals surface area contributed by atoms with Gasteiger partial charge in [-0.25, -0.2) is 0 Å². The Morgan fingerprint density at radius 2 is 1.87 bits per heavy atom. The summed E-state index contributed by atoms with van der Waals surface area (Å²) >= 11 is 0. The highest BCUT2D eigenvalue weighted by molar-refractivity contribution is 4.93. The molecule has 1 rings (SSSR count). The first-order valence-corrected chi connectivity index (χ1v) is 6.47. The predicted molar refractivity (Wildman–Crippen MR) is 68.1 cm³/mol. The van der Waals surface area contributed by atoms with E-state index in [1.54, 1.807) is 0 Å². The van der Waals surface area contributed by atoms with E-state index < -0.39 is 0 Å². The molecular formula is C14H27N. The third-order valence-corrected chi connectivity index (χ3v) is 3.51. The Morgan fingerprint density at radius 3 is 2.33 bits per heavy atom. The maximum Gasteiger partial charge on any atom is 0.00385 e. The Labute approximate surface area is 95.5 Å². The van der Waals surface area contributed by atoms with Crippen molar-refractivity contribution in [2.75, 3.05) is 13.1 Å². The summed E-state index contributed by atoms with van der Waals surface area (Å²) in [5.74, 6) is 0.982. The van der Waals surface area contributed by atoms with Crippen molar-refractivity contribution in [3.63, 3.8) is 0 Å². The van der Waals surface area contributed by atoms with Crippen LogP contribution in [0.4, 0.5) is 0 Å². The van der Waals surface area contributed by atoms with Crippen molar-refractivity contribution in [2.24, 2.45) is 5.92 Å². The second-order valence-electron chi connectivity index (χ2n) is 5.43. The van der Waals surface area contributed by atoms with E-state index in [1.807, 2.05) is 0 Å². The van der Waals surface area contributed by atoms with Crippen LogP contribution < -0.4 is 0 Å². The highest BCUT2D eigenvalue weighted by Crippen LogP contribution is 2.23. The molecule has 0 aromatic rings. The third-order valence-electron chi connectivity index (χ3n) is 3.51. The fourth-order valence-electron chi connectivity index (χ4n) is 2.37. The number of hydrogen-bond acceptors (Lipinski definition) is 1. The Kier molecular flexibility index (Phi) is 5.38. The molecule has 0 aliphatic carbocycles. The fraction of sp³-hybridized carbons (Fsp3) is 0.857. The summed E-state index contributed by atoms with van der Waals surface area (Å²) in [6.45, 7) is 11.6. The molecular weight excluding hydrogens is 182 g/mol. The van der Waals surface area contributed by atoms with Crippen LogP contribution >= 0.6 is 0 Å². The predicted octanol–water partition coefficient (Wildman–Crippen LogP) is 3.85. The summed E-state index contributed by atoms with van der Waals surface area (Å²) in [5.41, 5.74) is 1.47. The van der Waals surface area contributed by atoms with E-state index >= 15 is 0 Å². The molecule has 0 atom stereocenters. The van der Waals surface area contributed by atoms with Gasteiger partial charge in [-0.1, -0.05) is 11.6 Å². The summed E-state index contributed by atoms with van der Waals surface area (Å²) in [6, 6.07) is 0.740. The topological polar surface area (TPSA) is 3.24 Å². The highest BCUT2D eigenvalue weighted by atomic mass is 15.1. The van der Waals surface area contributed by atoms with Crippen molar-refractivity contribution >= 4 is 0 Å². The molecule has 1 nitrogen and oxygen atoms in total. The van der Waals surface area contributed by atoms with Gasteiger partial charge in [-0.15, -0.1) is 0 Å². The molecule has 88 valence electrons. The van der Waals surface area contributed by atoms with Crippen LogP contribution in [0.1, 0.15) is 53.4 Å². The van der Waals surface area contributed by atoms with Gasteiger partial charge in [-0.2, -0.15) is 0 Å². The molecule has 0 radical (unpaired) electrons. The maximum absolute atomic E-state index is 2.61. The van der Waals surface area contributed by atoms with E-state index in [9.17, 15) is 0 Å². The first-order chi connectivity index (χ1) is 7.09. The van der Waals surface area contributed by atoms with Gasteiger partial charge in [-0.3, -0.25) is 0 Å². The smallest absolute Gasteiger partial charge is 0.00385 e. The van der Waals surface area contributed by atoms with Gasteiger partial charge in [0.2, 0.25) is 0 Å². The zero-order valence-electron chi connectivity index (χ0n) is 10.9. The van der Waals surface area contributed by atoms with Gasteiger partial charge in [0.25, 0.3) is 0 Å². The van der Waals surface area contributed by atoms with E-state index in [1.165, 1.54) is 44.3 Å². The second-order valence-corrected chi connectivity index (χ2v) is 5.43. The minimum absolute atomic E-state index is 0.740. The number of hydrogen-bond donors (Lipinski definition) is 0. The van der Waals surface area contributed by atoms with Crippen LogP contribution in [0.2, 0.25) is 0 Å². The monoisotopic (exact) mass is 209 g/mol. The van der Waals surface area contributed by atoms with Crippen LogP contribution in [0.3, 0.4) is 0 Å². The minimum Gasteiger partial charge on any atom is -0.301 e. The molecule has 1 aliphatic rings. The first kappa shape index (κ1) is 12.8. The highest BCUT2D eigenvalue weighted by Gasteiger charge is 2.19. The fourth-order valence-corrected chi connectivity index (χ4v) is 2.37. The summed E-state index contributed by atoms with van der Waals surface area (Å²) < 4.78 is 0. The van der Waals surface area contributed by atoms with Gasteiger partial charge in [0, 0.05) is 6.04 Å². The minimum atomic E-state index is 0.740. The Bertz CT molecular complexity index is 193. The number of likely N-dealkylation sites (tertiary alicyclic amines) is 1. The molecule has 1 fully saturated rings. The molecule has 0 spiro atoms. The molecule has 1 heteroatoms. The van der Waals surface area contributed by atoms with Crippen LogP contribution in [0.15, 0.2) is 11.6 Å². The van der Waals surface area contributed by atoms with Crippen molar-refractivity contribution in [1.29, 1.82) is 0 Å². The largest absolute Gasteiger partial charge is 0.301 e. The summed E-state index contributed by atoms with van der Waals surface area (Å²) in [4.78, 5) is 2.61. The average molecular weight is 209 g/mol. The Balaban J connectivity index is 2.17. The molecule has 1 heterocycles. The molecule has 0 aromatic carbocycles. The third kappa shape index (κ3) is 4.83. The molecule has 0 bridgehead atoms. The number of rotatable bonds is 4. The van der Waals surface area contributed by atoms with E-state index in [0.29, 0.717) is 0 Å². The molecule has 1 saturated heterocycles. The summed E-state index contributed by atoms with van der Waals surface area (Å²) in [7, 11) is 0. The molecule has 0 unspecified atom stereocenters. The number of nitrogens with zero attached hydrogens (tertiary/aromatic N) is 1. The van der Waals surface area contributed by atoms with Crippen LogP contribution in [-0.2, 0) is 0 Å². The van der Waals surface area contributed by atoms with Gasteiger partial charge in [-0.05, 0) is 72.4 Å². The lowest BCUT2D eigenvalue weighted by molar-refractivity contribution is 0.146. The Hall–Kier alpha value is -0.300. The van der Waals surface area contributed by atoms with E-state index in [4.69, 9.17) is 0 Å². The van der Waals surface area contributed by atoms with Gasteiger partial charge < -0.3 is 4.90 Å². The average Bonchev–Trinajstić information content (AvgIpc) is 2.18. The van der Waals surface area contributed by atoms with Crippen LogP contribution in [0.25, 0.3) is 0 Å². The van der Waals surface area contributed by atoms with E-state index in [0.717, 1.165) is 12.0 Å². The number of allylic oxidation sites excluding steroid dienone is 2. The zero-order chi connectivity index (χ0) is 11.3. The van der Waals surface area contributed by atoms with Gasteiger partial charge in [0.1, 0.15) is 0 Å². The lowest BCUT2D eigenvalue weighted by Crippen LogP contribution is -2.38. The number of piperidine rings is 1. The maximum atomic E-state index is 2.61. The standard InChI is InChI=1S/C14H27N/c1-12(2)6-5-7-14-8-10-15(11-9-14)13(3)4/h6,13-14H,5,7-11H2,1-4H3. The van der Waals surface area contributed by atoms with Gasteiger partial charge in [0.15, 0.2) is 0 Å². The van der Waals surface area contributed by atoms with Crippen LogP contribution in [0.5, 0.6) is 0 Å². The molecule has 1 aliphatic heterocycles. The quantitative estimate of drug-likeness (QED) is 0.636. The van der Waals surface area contributed by atoms with Crippen molar-refractivity contribution in [3.8, 4) is 0 Å². The molecule has 15 heavy (non-hydrogen) atoms. The van der Waals surface area contributed by atoms with Crippen molar-refractivity contribution < 1.29 is 0 Å². The van der Waals surface area contributed by atoms with Crippen LogP contribution in [-0.4, -0.2) is 24.0 Å². The zero-order valence-corrected chi connectivity index (χ0v) is 10.9. The normalized spacial score (nSPS) is 19.5. The SMILES string of the molecule is CC(C)=CCCC1CCN(C(C)C)CC1. The molecule has 0 N–H and O–H groups in total. The van der Waals surface area contributed by atoms with Gasteiger partial charge in [0.05, 0.1) is 0 Å². The molecule has 0 aromatic heterocycles. The second kappa shape index (κ2) is 6.32. The Morgan fingerprint density at radius 1 is 1.27 bits per heavy atom. The van der Waals surface area contributed by atoms with Crippen molar-refractivity contribution in [3.05, 3.63) is 11.6 Å². The van der Waals surface area contributed by atoms with Crippen LogP contribution in [0, 0.1) is 5.92 Å². The summed E-state index contributed by atoms with van der Waals surface area (Å²) in [5, 5.41) is 0. The van der Waals surface area contributed by atoms with E-state index in [-0.39, 0.29) is 0 Å². The molecule has 0 saturated carbocycles. The lowest BCUT2D eigenvalue weighted by Gasteiger charge is -2.34.